The summed E-state index contributed by atoms with van der Waals surface area (Å²) in [7, 11) is 0. The van der Waals surface area contributed by atoms with Gasteiger partial charge in [-0.1, -0.05) is 18.5 Å². The number of carbonyl (C=O) groups is 1. The van der Waals surface area contributed by atoms with E-state index in [1.54, 1.807) is 30.3 Å². The highest BCUT2D eigenvalue weighted by molar-refractivity contribution is 6.30. The van der Waals surface area contributed by atoms with Gasteiger partial charge >= 0.3 is 0 Å². The number of nitrogens with one attached hydrogen (secondary N) is 1. The predicted octanol–water partition coefficient (Wildman–Crippen LogP) is 6.14. The van der Waals surface area contributed by atoms with Gasteiger partial charge in [0, 0.05) is 34.0 Å². The Hall–Kier alpha value is -2.84. The minimum absolute atomic E-state index is 0.0682. The summed E-state index contributed by atoms with van der Waals surface area (Å²) in [6.07, 6.45) is 2.24. The van der Waals surface area contributed by atoms with Gasteiger partial charge in [-0.3, -0.25) is 4.79 Å². The summed E-state index contributed by atoms with van der Waals surface area (Å²) >= 11 is 5.85. The lowest BCUT2D eigenvalue weighted by atomic mass is 9.79. The third-order valence-corrected chi connectivity index (χ3v) is 5.84. The third kappa shape index (κ3) is 4.34. The number of halogens is 2. The van der Waals surface area contributed by atoms with E-state index in [9.17, 15) is 14.4 Å². The van der Waals surface area contributed by atoms with Crippen LogP contribution in [-0.4, -0.2) is 18.0 Å². The lowest BCUT2D eigenvalue weighted by Gasteiger charge is -2.47. The zero-order chi connectivity index (χ0) is 22.1. The fourth-order valence-corrected chi connectivity index (χ4v) is 4.39. The number of benzene rings is 2. The molecule has 0 aliphatic carbocycles. The van der Waals surface area contributed by atoms with Gasteiger partial charge in [-0.05, 0) is 81.1 Å². The highest BCUT2D eigenvalue weighted by Gasteiger charge is 2.36. The lowest BCUT2D eigenvalue weighted by molar-refractivity contribution is -0.112. The number of rotatable bonds is 4. The van der Waals surface area contributed by atoms with E-state index in [0.29, 0.717) is 10.7 Å². The van der Waals surface area contributed by atoms with Crippen LogP contribution in [0.5, 0.6) is 0 Å². The first kappa shape index (κ1) is 21.9. The van der Waals surface area contributed by atoms with Gasteiger partial charge in [0.1, 0.15) is 17.5 Å². The van der Waals surface area contributed by atoms with Crippen molar-refractivity contribution >= 4 is 35.0 Å². The summed E-state index contributed by atoms with van der Waals surface area (Å²) in [6, 6.07) is 11.7. The molecule has 156 valence electrons. The van der Waals surface area contributed by atoms with Crippen LogP contribution in [0.2, 0.25) is 5.02 Å². The molecule has 1 N–H and O–H groups in total. The molecule has 6 heteroatoms. The second-order valence-electron chi connectivity index (χ2n) is 8.23. The monoisotopic (exact) mass is 425 g/mol. The van der Waals surface area contributed by atoms with Gasteiger partial charge in [-0.15, -0.1) is 0 Å². The van der Waals surface area contributed by atoms with Crippen LogP contribution in [0, 0.1) is 17.1 Å². The summed E-state index contributed by atoms with van der Waals surface area (Å²) in [5, 5.41) is 12.7. The number of anilines is 2. The second kappa shape index (κ2) is 8.49. The number of nitrogens with zero attached hydrogens (tertiary/aromatic N) is 2. The Kier molecular flexibility index (Phi) is 6.19. The average Bonchev–Trinajstić information content (AvgIpc) is 2.68. The Morgan fingerprint density at radius 1 is 1.37 bits per heavy atom. The van der Waals surface area contributed by atoms with Gasteiger partial charge in [0.05, 0.1) is 0 Å². The Morgan fingerprint density at radius 3 is 2.63 bits per heavy atom. The van der Waals surface area contributed by atoms with Gasteiger partial charge in [-0.25, -0.2) is 4.39 Å². The molecule has 0 radical (unpaired) electrons. The van der Waals surface area contributed by atoms with Crippen LogP contribution < -0.4 is 10.2 Å². The molecular weight excluding hydrogens is 401 g/mol. The number of carbonyl (C=O) groups excluding carboxylic acids is 1. The van der Waals surface area contributed by atoms with E-state index in [-0.39, 0.29) is 22.6 Å². The maximum Gasteiger partial charge on any atom is 0.266 e. The molecule has 4 nitrogen and oxygen atoms in total. The fourth-order valence-electron chi connectivity index (χ4n) is 4.27. The molecule has 2 aromatic carbocycles. The van der Waals surface area contributed by atoms with E-state index >= 15 is 0 Å². The van der Waals surface area contributed by atoms with Gasteiger partial charge in [0.15, 0.2) is 0 Å². The average molecular weight is 426 g/mol. The number of fused-ring (bicyclic) bond motifs is 1. The summed E-state index contributed by atoms with van der Waals surface area (Å²) in [4.78, 5) is 14.7. The van der Waals surface area contributed by atoms with E-state index in [2.05, 4.69) is 37.9 Å². The molecule has 0 aromatic heterocycles. The topological polar surface area (TPSA) is 56.1 Å². The molecule has 0 fully saturated rings. The SMILES string of the molecule is CCN1c2cc(F)c(/C=C(\C#N)C(=O)Nc3ccc(Cl)cc3)cc2C(C)CC1(C)C. The molecule has 1 heterocycles. The number of hydrogen-bond donors (Lipinski definition) is 1. The highest BCUT2D eigenvalue weighted by atomic mass is 35.5. The molecule has 30 heavy (non-hydrogen) atoms. The van der Waals surface area contributed by atoms with Crippen molar-refractivity contribution in [3.05, 3.63) is 63.9 Å². The zero-order valence-electron chi connectivity index (χ0n) is 17.6. The number of amides is 1. The first-order chi connectivity index (χ1) is 14.2. The van der Waals surface area contributed by atoms with E-state index in [4.69, 9.17) is 11.6 Å². The molecule has 0 saturated carbocycles. The highest BCUT2D eigenvalue weighted by Crippen LogP contribution is 2.44. The van der Waals surface area contributed by atoms with Crippen LogP contribution in [0.1, 0.15) is 51.2 Å². The molecule has 1 aliphatic rings. The van der Waals surface area contributed by atoms with Crippen molar-refractivity contribution in [2.45, 2.75) is 45.6 Å². The van der Waals surface area contributed by atoms with Crippen LogP contribution in [0.4, 0.5) is 15.8 Å². The third-order valence-electron chi connectivity index (χ3n) is 5.59. The Labute approximate surface area is 182 Å². The van der Waals surface area contributed by atoms with Gasteiger partial charge in [-0.2, -0.15) is 5.26 Å². The van der Waals surface area contributed by atoms with Gasteiger partial charge in [0.2, 0.25) is 0 Å². The van der Waals surface area contributed by atoms with Crippen LogP contribution in [-0.2, 0) is 4.79 Å². The van der Waals surface area contributed by atoms with Crippen LogP contribution in [0.15, 0.2) is 42.0 Å². The maximum absolute atomic E-state index is 15.0. The molecule has 1 unspecified atom stereocenters. The first-order valence-corrected chi connectivity index (χ1v) is 10.3. The van der Waals surface area contributed by atoms with Crippen LogP contribution in [0.3, 0.4) is 0 Å². The van der Waals surface area contributed by atoms with Gasteiger partial charge in [0.25, 0.3) is 5.91 Å². The van der Waals surface area contributed by atoms with E-state index < -0.39 is 11.7 Å². The Morgan fingerprint density at radius 2 is 2.03 bits per heavy atom. The summed E-state index contributed by atoms with van der Waals surface area (Å²) in [5.41, 5.74) is 2.41. The Bertz CT molecular complexity index is 1040. The fraction of sp³-hybridized carbons (Fsp3) is 0.333. The van der Waals surface area contributed by atoms with Crippen molar-refractivity contribution in [3.63, 3.8) is 0 Å². The molecule has 0 bridgehead atoms. The quantitative estimate of drug-likeness (QED) is 0.473. The molecule has 1 aliphatic heterocycles. The minimum Gasteiger partial charge on any atom is -0.366 e. The molecule has 0 spiro atoms. The van der Waals surface area contributed by atoms with Crippen molar-refractivity contribution in [3.8, 4) is 6.07 Å². The smallest absolute Gasteiger partial charge is 0.266 e. The zero-order valence-corrected chi connectivity index (χ0v) is 18.3. The molecule has 0 saturated heterocycles. The minimum atomic E-state index is -0.596. The van der Waals surface area contributed by atoms with E-state index in [1.807, 2.05) is 6.07 Å². The van der Waals surface area contributed by atoms with Crippen molar-refractivity contribution in [2.75, 3.05) is 16.8 Å². The normalized spacial score (nSPS) is 17.8. The predicted molar refractivity (Wildman–Crippen MR) is 120 cm³/mol. The van der Waals surface area contributed by atoms with E-state index in [1.165, 1.54) is 12.1 Å². The molecule has 3 rings (SSSR count). The van der Waals surface area contributed by atoms with Gasteiger partial charge < -0.3 is 10.2 Å². The van der Waals surface area contributed by atoms with Crippen LogP contribution in [0.25, 0.3) is 6.08 Å². The van der Waals surface area contributed by atoms with Crippen molar-refractivity contribution in [2.24, 2.45) is 0 Å². The number of hydrogen-bond acceptors (Lipinski definition) is 3. The van der Waals surface area contributed by atoms with Crippen molar-refractivity contribution in [1.29, 1.82) is 5.26 Å². The number of nitriles is 1. The second-order valence-corrected chi connectivity index (χ2v) is 8.66. The Balaban J connectivity index is 1.96. The van der Waals surface area contributed by atoms with Crippen LogP contribution >= 0.6 is 11.6 Å². The summed E-state index contributed by atoms with van der Waals surface area (Å²) in [5.74, 6) is -0.815. The summed E-state index contributed by atoms with van der Waals surface area (Å²) < 4.78 is 15.0. The lowest BCUT2D eigenvalue weighted by Crippen LogP contribution is -2.48. The van der Waals surface area contributed by atoms with Crippen molar-refractivity contribution in [1.82, 2.24) is 0 Å². The molecule has 1 atom stereocenters. The largest absolute Gasteiger partial charge is 0.366 e. The molecule has 2 aromatic rings. The van der Waals surface area contributed by atoms with E-state index in [0.717, 1.165) is 24.2 Å². The maximum atomic E-state index is 15.0. The molecule has 1 amide bonds. The summed E-state index contributed by atoms with van der Waals surface area (Å²) in [6.45, 7) is 9.28. The standard InChI is InChI=1S/C24H25ClFN3O/c1-5-29-22-12-21(26)16(11-20(22)15(2)13-24(29,3)4)10-17(14-27)23(30)28-19-8-6-18(25)7-9-19/h6-12,15H,5,13H2,1-4H3,(H,28,30)/b17-10+. The molecular formula is C24H25ClFN3O. The first-order valence-electron chi connectivity index (χ1n) is 9.96. The van der Waals surface area contributed by atoms with Crippen molar-refractivity contribution < 1.29 is 9.18 Å².